The third kappa shape index (κ3) is 4.04. The molecule has 2 aromatic heterocycles. The lowest BCUT2D eigenvalue weighted by Gasteiger charge is -2.42. The Kier molecular flexibility index (Phi) is 5.73. The molecule has 2 aromatic rings. The summed E-state index contributed by atoms with van der Waals surface area (Å²) in [7, 11) is 3.28. The number of carbonyl (C=O) groups is 1. The second-order valence-corrected chi connectivity index (χ2v) is 6.89. The first-order chi connectivity index (χ1) is 13.3. The van der Waals surface area contributed by atoms with Gasteiger partial charge in [-0.25, -0.2) is 13.8 Å². The van der Waals surface area contributed by atoms with Gasteiger partial charge in [-0.3, -0.25) is 9.78 Å². The van der Waals surface area contributed by atoms with Crippen molar-refractivity contribution in [3.63, 3.8) is 0 Å². The van der Waals surface area contributed by atoms with Crippen LogP contribution >= 0.6 is 0 Å². The zero-order valence-corrected chi connectivity index (χ0v) is 15.8. The molecule has 0 aliphatic heterocycles. The summed E-state index contributed by atoms with van der Waals surface area (Å²) in [6, 6.07) is 5.26. The van der Waals surface area contributed by atoms with E-state index in [2.05, 4.69) is 20.6 Å². The Balaban J connectivity index is 1.93. The van der Waals surface area contributed by atoms with Crippen molar-refractivity contribution < 1.29 is 13.6 Å². The van der Waals surface area contributed by atoms with Gasteiger partial charge in [-0.2, -0.15) is 0 Å². The van der Waals surface area contributed by atoms with E-state index in [-0.39, 0.29) is 17.8 Å². The van der Waals surface area contributed by atoms with Crippen LogP contribution < -0.4 is 21.3 Å². The second kappa shape index (κ2) is 8.05. The molecule has 0 aromatic carbocycles. The molecular weight excluding hydrogens is 366 g/mol. The molecule has 0 saturated heterocycles. The lowest BCUT2D eigenvalue weighted by molar-refractivity contribution is -0.0685. The number of anilines is 3. The largest absolute Gasteiger partial charge is 0.365 e. The van der Waals surface area contributed by atoms with Crippen molar-refractivity contribution in [2.75, 3.05) is 24.3 Å². The van der Waals surface area contributed by atoms with Gasteiger partial charge in [-0.05, 0) is 44.2 Å². The van der Waals surface area contributed by atoms with E-state index < -0.39 is 23.9 Å². The maximum absolute atomic E-state index is 14.3. The fraction of sp³-hybridized carbons (Fsp3) is 0.421. The number of primary amides is 1. The standard InChI is InChI=1S/C19H24F2N6O/c1-23-16-14(6-3-9-19(16,20)21)27(2)15-8-7-13(17(22)28)18(26-15)25-12-5-4-10-24-11-12/h4-5,7-8,10-11,14,16,23H,3,6,9H2,1-2H3,(H2,22,28)(H,25,26). The van der Waals surface area contributed by atoms with Gasteiger partial charge >= 0.3 is 0 Å². The van der Waals surface area contributed by atoms with Crippen LogP contribution in [-0.2, 0) is 0 Å². The van der Waals surface area contributed by atoms with Gasteiger partial charge < -0.3 is 21.3 Å². The molecule has 1 fully saturated rings. The highest BCUT2D eigenvalue weighted by Crippen LogP contribution is 2.37. The summed E-state index contributed by atoms with van der Waals surface area (Å²) in [5.41, 5.74) is 6.30. The minimum atomic E-state index is -2.80. The number of hydrogen-bond donors (Lipinski definition) is 3. The van der Waals surface area contributed by atoms with Gasteiger partial charge in [0.25, 0.3) is 11.8 Å². The van der Waals surface area contributed by atoms with Gasteiger partial charge in [0.15, 0.2) is 0 Å². The van der Waals surface area contributed by atoms with Crippen molar-refractivity contribution >= 4 is 23.2 Å². The molecule has 9 heteroatoms. The number of nitrogens with one attached hydrogen (secondary N) is 2. The number of pyridine rings is 2. The van der Waals surface area contributed by atoms with Crippen LogP contribution in [0, 0.1) is 0 Å². The fourth-order valence-electron chi connectivity index (χ4n) is 3.65. The summed E-state index contributed by atoms with van der Waals surface area (Å²) in [6.07, 6.45) is 4.12. The number of halogens is 2. The number of nitrogens with zero attached hydrogens (tertiary/aromatic N) is 3. The van der Waals surface area contributed by atoms with Gasteiger partial charge in [-0.15, -0.1) is 0 Å². The number of nitrogens with two attached hydrogens (primary N) is 1. The van der Waals surface area contributed by atoms with Crippen molar-refractivity contribution in [1.82, 2.24) is 15.3 Å². The van der Waals surface area contributed by atoms with Crippen molar-refractivity contribution in [3.05, 3.63) is 42.2 Å². The van der Waals surface area contributed by atoms with E-state index in [0.717, 1.165) is 0 Å². The zero-order valence-electron chi connectivity index (χ0n) is 15.8. The fourth-order valence-corrected chi connectivity index (χ4v) is 3.65. The van der Waals surface area contributed by atoms with E-state index in [1.165, 1.54) is 0 Å². The number of hydrogen-bond acceptors (Lipinski definition) is 6. The SMILES string of the molecule is CNC1C(N(C)c2ccc(C(N)=O)c(Nc3cccnc3)n2)CCCC1(F)F. The summed E-state index contributed by atoms with van der Waals surface area (Å²) < 4.78 is 28.7. The molecule has 28 heavy (non-hydrogen) atoms. The van der Waals surface area contributed by atoms with E-state index in [9.17, 15) is 13.6 Å². The van der Waals surface area contributed by atoms with Gasteiger partial charge in [0.05, 0.1) is 29.5 Å². The van der Waals surface area contributed by atoms with Gasteiger partial charge in [0.2, 0.25) is 0 Å². The van der Waals surface area contributed by atoms with Gasteiger partial charge in [-0.1, -0.05) is 0 Å². The Morgan fingerprint density at radius 2 is 2.14 bits per heavy atom. The summed E-state index contributed by atoms with van der Waals surface area (Å²) in [5.74, 6) is -2.70. The number of aromatic nitrogens is 2. The first kappa shape index (κ1) is 19.9. The van der Waals surface area contributed by atoms with E-state index in [4.69, 9.17) is 5.73 Å². The molecule has 1 aliphatic rings. The molecule has 0 spiro atoms. The molecule has 4 N–H and O–H groups in total. The highest BCUT2D eigenvalue weighted by Gasteiger charge is 2.47. The lowest BCUT2D eigenvalue weighted by atomic mass is 9.86. The Morgan fingerprint density at radius 1 is 1.36 bits per heavy atom. The summed E-state index contributed by atoms with van der Waals surface area (Å²) in [5, 5.41) is 5.79. The Bertz CT molecular complexity index is 832. The van der Waals surface area contributed by atoms with Crippen molar-refractivity contribution in [2.45, 2.75) is 37.3 Å². The van der Waals surface area contributed by atoms with Gasteiger partial charge in [0, 0.05) is 19.7 Å². The molecule has 0 bridgehead atoms. The molecule has 1 saturated carbocycles. The van der Waals surface area contributed by atoms with Crippen LogP contribution in [0.5, 0.6) is 0 Å². The van der Waals surface area contributed by atoms with Crippen LogP contribution in [0.1, 0.15) is 29.6 Å². The van der Waals surface area contributed by atoms with Gasteiger partial charge in [0.1, 0.15) is 11.6 Å². The Hall–Kier alpha value is -2.81. The van der Waals surface area contributed by atoms with Crippen molar-refractivity contribution in [1.29, 1.82) is 0 Å². The van der Waals surface area contributed by atoms with Crippen LogP contribution in [0.25, 0.3) is 0 Å². The van der Waals surface area contributed by atoms with Crippen LogP contribution in [0.2, 0.25) is 0 Å². The Morgan fingerprint density at radius 3 is 2.79 bits per heavy atom. The molecule has 150 valence electrons. The smallest absolute Gasteiger partial charge is 0.265 e. The van der Waals surface area contributed by atoms with Crippen LogP contribution in [0.4, 0.5) is 26.1 Å². The summed E-state index contributed by atoms with van der Waals surface area (Å²) in [6.45, 7) is 0. The van der Waals surface area contributed by atoms with Crippen LogP contribution in [0.15, 0.2) is 36.7 Å². The summed E-state index contributed by atoms with van der Waals surface area (Å²) in [4.78, 5) is 22.0. The zero-order chi connectivity index (χ0) is 20.3. The predicted molar refractivity (Wildman–Crippen MR) is 104 cm³/mol. The highest BCUT2D eigenvalue weighted by atomic mass is 19.3. The minimum absolute atomic E-state index is 0.134. The number of carbonyl (C=O) groups excluding carboxylic acids is 1. The molecule has 3 rings (SSSR count). The molecule has 1 amide bonds. The van der Waals surface area contributed by atoms with E-state index in [1.54, 1.807) is 55.7 Å². The maximum atomic E-state index is 14.3. The number of likely N-dealkylation sites (N-methyl/N-ethyl adjacent to an activating group) is 2. The average Bonchev–Trinajstić information content (AvgIpc) is 2.67. The molecule has 2 unspecified atom stereocenters. The second-order valence-electron chi connectivity index (χ2n) is 6.89. The van der Waals surface area contributed by atoms with Crippen molar-refractivity contribution in [3.8, 4) is 0 Å². The highest BCUT2D eigenvalue weighted by molar-refractivity contribution is 5.98. The number of rotatable bonds is 6. The topological polar surface area (TPSA) is 96.2 Å². The normalized spacial score (nSPS) is 21.1. The maximum Gasteiger partial charge on any atom is 0.265 e. The Labute approximate surface area is 162 Å². The molecule has 2 heterocycles. The van der Waals surface area contributed by atoms with Crippen LogP contribution in [0.3, 0.4) is 0 Å². The first-order valence-electron chi connectivity index (χ1n) is 9.09. The van der Waals surface area contributed by atoms with Crippen molar-refractivity contribution in [2.24, 2.45) is 5.73 Å². The first-order valence-corrected chi connectivity index (χ1v) is 9.09. The van der Waals surface area contributed by atoms with Crippen LogP contribution in [-0.4, -0.2) is 48.0 Å². The number of alkyl halides is 2. The lowest BCUT2D eigenvalue weighted by Crippen LogP contribution is -2.59. The van der Waals surface area contributed by atoms with E-state index in [0.29, 0.717) is 24.3 Å². The average molecular weight is 390 g/mol. The predicted octanol–water partition coefficient (Wildman–Crippen LogP) is 2.53. The van der Waals surface area contributed by atoms with E-state index in [1.807, 2.05) is 0 Å². The van der Waals surface area contributed by atoms with E-state index >= 15 is 0 Å². The quantitative estimate of drug-likeness (QED) is 0.702. The minimum Gasteiger partial charge on any atom is -0.365 e. The number of amides is 1. The molecule has 2 atom stereocenters. The molecule has 0 radical (unpaired) electrons. The molecular formula is C19H24F2N6O. The third-order valence-electron chi connectivity index (χ3n) is 5.09. The molecule has 7 nitrogen and oxygen atoms in total. The monoisotopic (exact) mass is 390 g/mol. The third-order valence-corrected chi connectivity index (χ3v) is 5.09. The summed E-state index contributed by atoms with van der Waals surface area (Å²) >= 11 is 0. The molecule has 1 aliphatic carbocycles.